The average molecular weight is 613 g/mol. The molecular weight excluding hydrogens is 592 g/mol. The molecule has 3 atom stereocenters. The Labute approximate surface area is 227 Å². The lowest BCUT2D eigenvalue weighted by Gasteiger charge is -2.41. The molecule has 1 aliphatic heterocycles. The summed E-state index contributed by atoms with van der Waals surface area (Å²) in [7, 11) is 0. The first kappa shape index (κ1) is 28.8. The molecule has 0 fully saturated rings. The zero-order valence-corrected chi connectivity index (χ0v) is 22.5. The molecule has 0 aromatic heterocycles. The van der Waals surface area contributed by atoms with Crippen molar-refractivity contribution in [1.82, 2.24) is 0 Å². The molecule has 0 amide bonds. The number of benzene rings is 2. The fraction of sp³-hybridized carbons (Fsp3) is 0.364. The first-order valence-corrected chi connectivity index (χ1v) is 12.7. The van der Waals surface area contributed by atoms with Gasteiger partial charge in [-0.15, -0.1) is 0 Å². The van der Waals surface area contributed by atoms with Crippen LogP contribution in [0.1, 0.15) is 42.8 Å². The van der Waals surface area contributed by atoms with Crippen molar-refractivity contribution in [2.75, 3.05) is 11.5 Å². The Morgan fingerprint density at radius 2 is 1.66 bits per heavy atom. The number of nitrogens with zero attached hydrogens (tertiary/aromatic N) is 3. The van der Waals surface area contributed by atoms with Gasteiger partial charge >= 0.3 is 5.97 Å². The van der Waals surface area contributed by atoms with Crippen LogP contribution in [0.15, 0.2) is 30.3 Å². The summed E-state index contributed by atoms with van der Waals surface area (Å²) in [6.07, 6.45) is -0.997. The molecule has 14 nitrogen and oxygen atoms in total. The molecule has 0 radical (unpaired) electrons. The summed E-state index contributed by atoms with van der Waals surface area (Å²) < 4.78 is 11.6. The number of rotatable bonds is 8. The van der Waals surface area contributed by atoms with Crippen LogP contribution in [-0.2, 0) is 9.53 Å². The normalized spacial score (nSPS) is 18.4. The first-order valence-electron chi connectivity index (χ1n) is 10.8. The standard InChI is InChI=1S/C22H21BrN4O10S/c1-10(9-38-21(29)11-4-12(25(30)31)6-13(5-11)26(32)33)20(28)36-18-14-7-16(27(34)35)15(24)8-17(14)37-22(2,3)19(18)23/h4-8,10,18-19H,9,24H2,1-3H3/t10-,18+,19-/m0/s1. The minimum Gasteiger partial charge on any atom is -0.486 e. The first-order chi connectivity index (χ1) is 17.6. The van der Waals surface area contributed by atoms with Crippen LogP contribution in [0.25, 0.3) is 0 Å². The molecule has 1 aliphatic rings. The number of thioether (sulfide) groups is 1. The van der Waals surface area contributed by atoms with Gasteiger partial charge in [-0.05, 0) is 13.8 Å². The van der Waals surface area contributed by atoms with Crippen LogP contribution in [0.3, 0.4) is 0 Å². The smallest absolute Gasteiger partial charge is 0.310 e. The monoisotopic (exact) mass is 612 g/mol. The van der Waals surface area contributed by atoms with Gasteiger partial charge in [0.2, 0.25) is 5.12 Å². The zero-order valence-electron chi connectivity index (χ0n) is 20.1. The highest BCUT2D eigenvalue weighted by molar-refractivity contribution is 9.09. The maximum atomic E-state index is 13.0. The summed E-state index contributed by atoms with van der Waals surface area (Å²) in [6, 6.07) is 5.06. The molecule has 0 saturated carbocycles. The molecule has 0 bridgehead atoms. The van der Waals surface area contributed by atoms with Gasteiger partial charge < -0.3 is 15.2 Å². The number of nitro benzene ring substituents is 3. The predicted octanol–water partition coefficient (Wildman–Crippen LogP) is 4.72. The minimum atomic E-state index is -0.997. The quantitative estimate of drug-likeness (QED) is 0.141. The van der Waals surface area contributed by atoms with Crippen LogP contribution < -0.4 is 10.5 Å². The summed E-state index contributed by atoms with van der Waals surface area (Å²) in [5, 5.41) is 32.8. The molecule has 2 aromatic rings. The second-order valence-electron chi connectivity index (χ2n) is 8.92. The lowest BCUT2D eigenvalue weighted by molar-refractivity contribution is -0.394. The summed E-state index contributed by atoms with van der Waals surface area (Å²) >= 11 is 4.10. The van der Waals surface area contributed by atoms with Crippen molar-refractivity contribution in [3.8, 4) is 5.75 Å². The number of hydrogen-bond acceptors (Lipinski definition) is 12. The van der Waals surface area contributed by atoms with Gasteiger partial charge in [-0.2, -0.15) is 0 Å². The molecule has 0 spiro atoms. The summed E-state index contributed by atoms with van der Waals surface area (Å²) in [5.74, 6) is -1.48. The third-order valence-electron chi connectivity index (χ3n) is 5.64. The highest BCUT2D eigenvalue weighted by Gasteiger charge is 2.46. The van der Waals surface area contributed by atoms with Crippen LogP contribution in [0.5, 0.6) is 5.75 Å². The molecular formula is C22H21BrN4O10S. The van der Waals surface area contributed by atoms with Gasteiger partial charge in [0.25, 0.3) is 17.1 Å². The molecule has 2 aromatic carbocycles. The van der Waals surface area contributed by atoms with Gasteiger partial charge in [-0.1, -0.05) is 34.6 Å². The lowest BCUT2D eigenvalue weighted by Crippen LogP contribution is -2.47. The number of nitro groups is 3. The van der Waals surface area contributed by atoms with Gasteiger partial charge in [0, 0.05) is 41.1 Å². The predicted molar refractivity (Wildman–Crippen MR) is 139 cm³/mol. The van der Waals surface area contributed by atoms with E-state index in [9.17, 15) is 39.9 Å². The molecule has 0 unspecified atom stereocenters. The van der Waals surface area contributed by atoms with Crippen molar-refractivity contribution in [2.45, 2.75) is 37.3 Å². The molecule has 0 saturated heterocycles. The number of hydrogen-bond donors (Lipinski definition) is 1. The third kappa shape index (κ3) is 6.02. The third-order valence-corrected chi connectivity index (χ3v) is 8.38. The van der Waals surface area contributed by atoms with E-state index in [1.165, 1.54) is 19.1 Å². The summed E-state index contributed by atoms with van der Waals surface area (Å²) in [6.45, 7) is 4.94. The Bertz CT molecular complexity index is 1320. The van der Waals surface area contributed by atoms with Gasteiger partial charge in [0.15, 0.2) is 0 Å². The SMILES string of the molecule is C[C@@H](CSC(=O)c1cc([N+](=O)[O-])cc([N+](=O)[O-])c1)C(=O)O[C@@H]1c2cc([N+](=O)[O-])c(N)cc2OC(C)(C)[C@H]1Br. The largest absolute Gasteiger partial charge is 0.486 e. The van der Waals surface area contributed by atoms with Crippen LogP contribution >= 0.6 is 27.7 Å². The minimum absolute atomic E-state index is 0.109. The van der Waals surface area contributed by atoms with E-state index in [1.54, 1.807) is 13.8 Å². The van der Waals surface area contributed by atoms with Crippen molar-refractivity contribution >= 4 is 61.5 Å². The fourth-order valence-electron chi connectivity index (χ4n) is 3.57. The topological polar surface area (TPSA) is 208 Å². The van der Waals surface area contributed by atoms with Crippen molar-refractivity contribution in [1.29, 1.82) is 0 Å². The number of fused-ring (bicyclic) bond motifs is 1. The number of nitrogen functional groups attached to an aromatic ring is 1. The molecule has 1 heterocycles. The number of carbonyl (C=O) groups is 2. The van der Waals surface area contributed by atoms with E-state index in [2.05, 4.69) is 15.9 Å². The number of nitrogens with two attached hydrogens (primary N) is 1. The number of anilines is 1. The van der Waals surface area contributed by atoms with Crippen LogP contribution in [0.4, 0.5) is 22.7 Å². The molecule has 3 rings (SSSR count). The molecule has 202 valence electrons. The number of halogens is 1. The van der Waals surface area contributed by atoms with E-state index in [0.29, 0.717) is 11.8 Å². The van der Waals surface area contributed by atoms with Gasteiger partial charge in [-0.25, -0.2) is 0 Å². The van der Waals surface area contributed by atoms with E-state index in [-0.39, 0.29) is 34.0 Å². The van der Waals surface area contributed by atoms with Crippen molar-refractivity contribution in [2.24, 2.45) is 5.92 Å². The van der Waals surface area contributed by atoms with E-state index in [0.717, 1.165) is 18.2 Å². The maximum Gasteiger partial charge on any atom is 0.310 e. The molecule has 38 heavy (non-hydrogen) atoms. The highest BCUT2D eigenvalue weighted by atomic mass is 79.9. The van der Waals surface area contributed by atoms with Crippen molar-refractivity contribution in [3.63, 3.8) is 0 Å². The number of non-ortho nitro benzene ring substituents is 2. The molecule has 0 aliphatic carbocycles. The molecule has 16 heteroatoms. The van der Waals surface area contributed by atoms with Crippen molar-refractivity contribution < 1.29 is 33.8 Å². The number of alkyl halides is 1. The Balaban J connectivity index is 1.78. The Hall–Kier alpha value is -3.79. The van der Waals surface area contributed by atoms with Gasteiger partial charge in [0.1, 0.15) is 23.1 Å². The number of ether oxygens (including phenoxy) is 2. The second kappa shape index (κ2) is 10.9. The molecule has 2 N–H and O–H groups in total. The Morgan fingerprint density at radius 1 is 1.08 bits per heavy atom. The highest BCUT2D eigenvalue weighted by Crippen LogP contribution is 2.48. The van der Waals surface area contributed by atoms with Crippen LogP contribution in [0.2, 0.25) is 0 Å². The number of carbonyl (C=O) groups excluding carboxylic acids is 2. The Morgan fingerprint density at radius 3 is 2.18 bits per heavy atom. The van der Waals surface area contributed by atoms with Crippen LogP contribution in [-0.4, -0.2) is 42.0 Å². The van der Waals surface area contributed by atoms with Crippen LogP contribution in [0, 0.1) is 36.3 Å². The summed E-state index contributed by atoms with van der Waals surface area (Å²) in [5.41, 5.74) is 3.13. The van der Waals surface area contributed by atoms with E-state index >= 15 is 0 Å². The zero-order chi connectivity index (χ0) is 28.5. The Kier molecular flexibility index (Phi) is 8.26. The maximum absolute atomic E-state index is 13.0. The fourth-order valence-corrected chi connectivity index (χ4v) is 4.88. The van der Waals surface area contributed by atoms with E-state index in [1.807, 2.05) is 0 Å². The lowest BCUT2D eigenvalue weighted by atomic mass is 9.90. The van der Waals surface area contributed by atoms with Crippen molar-refractivity contribution in [3.05, 3.63) is 71.8 Å². The number of esters is 1. The average Bonchev–Trinajstić information content (AvgIpc) is 2.83. The summed E-state index contributed by atoms with van der Waals surface area (Å²) in [4.78, 5) is 56.1. The second-order valence-corrected chi connectivity index (χ2v) is 10.9. The van der Waals surface area contributed by atoms with E-state index < -0.39 is 59.7 Å². The van der Waals surface area contributed by atoms with Gasteiger partial charge in [-0.3, -0.25) is 39.9 Å². The van der Waals surface area contributed by atoms with E-state index in [4.69, 9.17) is 15.2 Å². The van der Waals surface area contributed by atoms with Gasteiger partial charge in [0.05, 0.1) is 31.6 Å².